The summed E-state index contributed by atoms with van der Waals surface area (Å²) in [5.74, 6) is 0.927. The van der Waals surface area contributed by atoms with Crippen molar-refractivity contribution in [3.63, 3.8) is 0 Å². The van der Waals surface area contributed by atoms with Gasteiger partial charge in [0.1, 0.15) is 5.75 Å². The summed E-state index contributed by atoms with van der Waals surface area (Å²) in [6, 6.07) is 17.7. The Morgan fingerprint density at radius 3 is 2.15 bits per heavy atom. The van der Waals surface area contributed by atoms with E-state index in [1.54, 1.807) is 57.7 Å². The lowest BCUT2D eigenvalue weighted by atomic mass is 9.92. The van der Waals surface area contributed by atoms with Crippen LogP contribution in [-0.2, 0) is 11.2 Å². The maximum atomic E-state index is 13.6. The average Bonchev–Trinajstić information content (AvgIpc) is 3.14. The summed E-state index contributed by atoms with van der Waals surface area (Å²) >= 11 is 0. The van der Waals surface area contributed by atoms with Crippen molar-refractivity contribution in [2.75, 3.05) is 33.3 Å². The van der Waals surface area contributed by atoms with Crippen LogP contribution in [0.25, 0.3) is 0 Å². The van der Waals surface area contributed by atoms with Crippen molar-refractivity contribution in [3.8, 4) is 23.0 Å². The minimum Gasteiger partial charge on any atom is -0.497 e. The Morgan fingerprint density at radius 2 is 1.52 bits per heavy atom. The van der Waals surface area contributed by atoms with Gasteiger partial charge in [-0.3, -0.25) is 9.59 Å². The minimum atomic E-state index is -0.546. The largest absolute Gasteiger partial charge is 0.497 e. The van der Waals surface area contributed by atoms with E-state index in [1.165, 1.54) is 12.0 Å². The van der Waals surface area contributed by atoms with Crippen LogP contribution in [0.2, 0.25) is 0 Å². The second kappa shape index (κ2) is 9.24. The highest BCUT2D eigenvalue weighted by molar-refractivity contribution is 6.25. The van der Waals surface area contributed by atoms with Gasteiger partial charge in [-0.1, -0.05) is 24.3 Å². The zero-order chi connectivity index (χ0) is 23.5. The van der Waals surface area contributed by atoms with E-state index >= 15 is 0 Å². The topological polar surface area (TPSA) is 74.3 Å². The first-order valence-electron chi connectivity index (χ1n) is 10.4. The van der Waals surface area contributed by atoms with Crippen LogP contribution in [0.1, 0.15) is 27.4 Å². The zero-order valence-corrected chi connectivity index (χ0v) is 19.0. The molecule has 0 fully saturated rings. The van der Waals surface area contributed by atoms with Gasteiger partial charge in [0, 0.05) is 5.56 Å². The number of hydrogen-bond donors (Lipinski definition) is 0. The third kappa shape index (κ3) is 3.86. The standard InChI is InChI=1S/C26H25NO6/c1-30-18-12-9-16(10-13-18)25(28)27-21-8-6-5-7-19(21)20(26(27)29)15-17-11-14-22(31-2)24(33-4)23(17)32-3/h5-14,20H,15H2,1-4H3. The van der Waals surface area contributed by atoms with E-state index in [2.05, 4.69) is 0 Å². The number of carbonyl (C=O) groups is 2. The fourth-order valence-corrected chi connectivity index (χ4v) is 4.21. The Hall–Kier alpha value is -4.00. The molecule has 0 radical (unpaired) electrons. The van der Waals surface area contributed by atoms with Crippen LogP contribution in [-0.4, -0.2) is 40.3 Å². The summed E-state index contributed by atoms with van der Waals surface area (Å²) in [5.41, 5.74) is 2.57. The predicted octanol–water partition coefficient (Wildman–Crippen LogP) is 4.23. The van der Waals surface area contributed by atoms with Gasteiger partial charge in [0.05, 0.1) is 40.0 Å². The van der Waals surface area contributed by atoms with Crippen LogP contribution in [0.5, 0.6) is 23.0 Å². The molecule has 0 bridgehead atoms. The molecule has 2 amide bonds. The lowest BCUT2D eigenvalue weighted by molar-refractivity contribution is -0.118. The summed E-state index contributed by atoms with van der Waals surface area (Å²) < 4.78 is 21.6. The summed E-state index contributed by atoms with van der Waals surface area (Å²) in [5, 5.41) is 0. The average molecular weight is 447 g/mol. The quantitative estimate of drug-likeness (QED) is 0.505. The fourth-order valence-electron chi connectivity index (χ4n) is 4.21. The van der Waals surface area contributed by atoms with Crippen LogP contribution in [0.3, 0.4) is 0 Å². The molecule has 1 unspecified atom stereocenters. The molecule has 1 atom stereocenters. The van der Waals surface area contributed by atoms with Gasteiger partial charge in [-0.15, -0.1) is 0 Å². The Balaban J connectivity index is 1.71. The molecule has 3 aromatic rings. The van der Waals surface area contributed by atoms with Crippen molar-refractivity contribution in [1.82, 2.24) is 0 Å². The SMILES string of the molecule is COc1ccc(C(=O)N2C(=O)C(Cc3ccc(OC)c(OC)c3OC)c3ccccc32)cc1. The van der Waals surface area contributed by atoms with Gasteiger partial charge in [0.2, 0.25) is 11.7 Å². The minimum absolute atomic E-state index is 0.283. The predicted molar refractivity (Wildman–Crippen MR) is 124 cm³/mol. The van der Waals surface area contributed by atoms with E-state index in [0.29, 0.717) is 40.7 Å². The smallest absolute Gasteiger partial charge is 0.265 e. The number of para-hydroxylation sites is 1. The van der Waals surface area contributed by atoms with Gasteiger partial charge < -0.3 is 18.9 Å². The number of methoxy groups -OCH3 is 4. The molecule has 0 saturated heterocycles. The lowest BCUT2D eigenvalue weighted by Gasteiger charge is -2.18. The summed E-state index contributed by atoms with van der Waals surface area (Å²) in [6.07, 6.45) is 0.339. The fraction of sp³-hybridized carbons (Fsp3) is 0.231. The molecule has 7 nitrogen and oxygen atoms in total. The maximum Gasteiger partial charge on any atom is 0.265 e. The highest BCUT2D eigenvalue weighted by Crippen LogP contribution is 2.45. The first kappa shape index (κ1) is 22.2. The molecular formula is C26H25NO6. The van der Waals surface area contributed by atoms with Crippen molar-refractivity contribution in [3.05, 3.63) is 77.4 Å². The lowest BCUT2D eigenvalue weighted by Crippen LogP contribution is -2.35. The summed E-state index contributed by atoms with van der Waals surface area (Å²) in [4.78, 5) is 28.2. The van der Waals surface area contributed by atoms with Crippen LogP contribution in [0.15, 0.2) is 60.7 Å². The van der Waals surface area contributed by atoms with Gasteiger partial charge in [-0.2, -0.15) is 0 Å². The number of hydrogen-bond acceptors (Lipinski definition) is 6. The molecule has 1 heterocycles. The number of rotatable bonds is 7. The number of benzene rings is 3. The molecule has 0 aromatic heterocycles. The number of ether oxygens (including phenoxy) is 4. The summed E-state index contributed by atoms with van der Waals surface area (Å²) in [7, 11) is 6.20. The molecule has 0 saturated carbocycles. The molecule has 4 rings (SSSR count). The summed E-state index contributed by atoms with van der Waals surface area (Å²) in [6.45, 7) is 0. The number of imide groups is 1. The Morgan fingerprint density at radius 1 is 0.818 bits per heavy atom. The van der Waals surface area contributed by atoms with Crippen LogP contribution in [0, 0.1) is 0 Å². The zero-order valence-electron chi connectivity index (χ0n) is 19.0. The van der Waals surface area contributed by atoms with Crippen molar-refractivity contribution in [2.45, 2.75) is 12.3 Å². The van der Waals surface area contributed by atoms with E-state index in [1.807, 2.05) is 24.3 Å². The molecule has 1 aliphatic rings. The molecule has 0 N–H and O–H groups in total. The molecule has 170 valence electrons. The second-order valence-corrected chi connectivity index (χ2v) is 7.52. The first-order valence-corrected chi connectivity index (χ1v) is 10.4. The third-order valence-corrected chi connectivity index (χ3v) is 5.82. The van der Waals surface area contributed by atoms with Gasteiger partial charge in [-0.25, -0.2) is 4.90 Å². The third-order valence-electron chi connectivity index (χ3n) is 5.82. The normalized spacial score (nSPS) is 14.6. The number of nitrogens with zero attached hydrogens (tertiary/aromatic N) is 1. The first-order chi connectivity index (χ1) is 16.0. The number of fused-ring (bicyclic) bond motifs is 1. The molecule has 0 aliphatic carbocycles. The van der Waals surface area contributed by atoms with Gasteiger partial charge in [-0.05, 0) is 53.9 Å². The molecule has 7 heteroatoms. The van der Waals surface area contributed by atoms with E-state index in [-0.39, 0.29) is 11.8 Å². The van der Waals surface area contributed by atoms with E-state index in [9.17, 15) is 9.59 Å². The Labute approximate surface area is 192 Å². The van der Waals surface area contributed by atoms with Crippen molar-refractivity contribution in [1.29, 1.82) is 0 Å². The Bertz CT molecular complexity index is 1190. The van der Waals surface area contributed by atoms with Crippen molar-refractivity contribution < 1.29 is 28.5 Å². The highest BCUT2D eigenvalue weighted by atomic mass is 16.5. The number of anilines is 1. The van der Waals surface area contributed by atoms with Crippen molar-refractivity contribution >= 4 is 17.5 Å². The molecule has 3 aromatic carbocycles. The van der Waals surface area contributed by atoms with Gasteiger partial charge >= 0.3 is 0 Å². The highest BCUT2D eigenvalue weighted by Gasteiger charge is 2.41. The number of amides is 2. The molecule has 33 heavy (non-hydrogen) atoms. The monoisotopic (exact) mass is 447 g/mol. The van der Waals surface area contributed by atoms with E-state index in [4.69, 9.17) is 18.9 Å². The van der Waals surface area contributed by atoms with Crippen LogP contribution < -0.4 is 23.8 Å². The molecule has 1 aliphatic heterocycles. The second-order valence-electron chi connectivity index (χ2n) is 7.52. The van der Waals surface area contributed by atoms with Gasteiger partial charge in [0.15, 0.2) is 11.5 Å². The van der Waals surface area contributed by atoms with Crippen LogP contribution in [0.4, 0.5) is 5.69 Å². The number of carbonyl (C=O) groups excluding carboxylic acids is 2. The van der Waals surface area contributed by atoms with E-state index < -0.39 is 5.92 Å². The molecule has 0 spiro atoms. The van der Waals surface area contributed by atoms with Gasteiger partial charge in [0.25, 0.3) is 5.91 Å². The maximum absolute atomic E-state index is 13.6. The van der Waals surface area contributed by atoms with Crippen LogP contribution >= 0.6 is 0 Å². The Kier molecular flexibility index (Phi) is 6.22. The molecular weight excluding hydrogens is 422 g/mol. The van der Waals surface area contributed by atoms with E-state index in [0.717, 1.165) is 11.1 Å². The van der Waals surface area contributed by atoms with Crippen molar-refractivity contribution in [2.24, 2.45) is 0 Å².